The quantitative estimate of drug-likeness (QED) is 0.822. The summed E-state index contributed by atoms with van der Waals surface area (Å²) < 4.78 is 50.7. The molecule has 1 aromatic rings. The molecule has 25 heavy (non-hydrogen) atoms. The second kappa shape index (κ2) is 7.44. The van der Waals surface area contributed by atoms with Crippen molar-refractivity contribution in [2.45, 2.75) is 70.3 Å². The molecule has 3 nitrogen and oxygen atoms in total. The summed E-state index contributed by atoms with van der Waals surface area (Å²) in [7, 11) is 0. The molecule has 6 heteroatoms. The Morgan fingerprint density at radius 2 is 1.80 bits per heavy atom. The van der Waals surface area contributed by atoms with E-state index < -0.39 is 11.7 Å². The molecule has 2 aliphatic rings. The van der Waals surface area contributed by atoms with Gasteiger partial charge in [0.15, 0.2) is 11.5 Å². The van der Waals surface area contributed by atoms with Gasteiger partial charge in [-0.1, -0.05) is 20.3 Å². The number of rotatable bonds is 5. The summed E-state index contributed by atoms with van der Waals surface area (Å²) in [6.07, 6.45) is 0.926. The van der Waals surface area contributed by atoms with Gasteiger partial charge in [-0.3, -0.25) is 0 Å². The zero-order valence-electron chi connectivity index (χ0n) is 14.7. The van der Waals surface area contributed by atoms with Gasteiger partial charge >= 0.3 is 6.18 Å². The highest BCUT2D eigenvalue weighted by Crippen LogP contribution is 2.38. The number of hydrogen-bond acceptors (Lipinski definition) is 3. The van der Waals surface area contributed by atoms with Gasteiger partial charge in [0.05, 0.1) is 12.2 Å². The van der Waals surface area contributed by atoms with Crippen molar-refractivity contribution in [2.24, 2.45) is 5.92 Å². The third kappa shape index (κ3) is 4.81. The van der Waals surface area contributed by atoms with Gasteiger partial charge in [-0.2, -0.15) is 13.2 Å². The van der Waals surface area contributed by atoms with Crippen LogP contribution in [0.1, 0.15) is 51.5 Å². The van der Waals surface area contributed by atoms with Crippen molar-refractivity contribution in [1.29, 1.82) is 0 Å². The van der Waals surface area contributed by atoms with E-state index in [1.807, 2.05) is 13.8 Å². The Hall–Kier alpha value is -1.43. The average molecular weight is 357 g/mol. The van der Waals surface area contributed by atoms with Gasteiger partial charge in [0, 0.05) is 12.1 Å². The number of alkyl halides is 3. The van der Waals surface area contributed by atoms with Crippen molar-refractivity contribution in [3.05, 3.63) is 23.8 Å². The Labute approximate surface area is 146 Å². The fraction of sp³-hybridized carbons (Fsp3) is 0.684. The Morgan fingerprint density at radius 1 is 1.12 bits per heavy atom. The van der Waals surface area contributed by atoms with Crippen LogP contribution in [0.4, 0.5) is 13.2 Å². The van der Waals surface area contributed by atoms with Gasteiger partial charge in [0.1, 0.15) is 6.10 Å². The molecule has 2 saturated heterocycles. The Morgan fingerprint density at radius 3 is 2.40 bits per heavy atom. The minimum absolute atomic E-state index is 0.0229. The molecule has 140 valence electrons. The van der Waals surface area contributed by atoms with Crippen molar-refractivity contribution >= 4 is 0 Å². The standard InChI is InChI=1S/C19H26F3NO2/c1-12(2)11-24-18-8-13(19(20,21)22)6-7-17(18)25-16-9-14-4-3-5-15(10-16)23-14/h6-8,12,14-16,23H,3-5,9-11H2,1-2H3/t14-,15?,16?/m1/s1. The highest BCUT2D eigenvalue weighted by molar-refractivity contribution is 5.44. The second-order valence-corrected chi connectivity index (χ2v) is 7.57. The summed E-state index contributed by atoms with van der Waals surface area (Å²) in [4.78, 5) is 0. The number of piperidine rings is 2. The van der Waals surface area contributed by atoms with Crippen molar-refractivity contribution < 1.29 is 22.6 Å². The Balaban J connectivity index is 1.76. The van der Waals surface area contributed by atoms with Crippen molar-refractivity contribution in [3.8, 4) is 11.5 Å². The number of fused-ring (bicyclic) bond motifs is 2. The molecule has 0 aliphatic carbocycles. The maximum absolute atomic E-state index is 13.0. The summed E-state index contributed by atoms with van der Waals surface area (Å²) in [6.45, 7) is 4.28. The Bertz CT molecular complexity index is 577. The summed E-state index contributed by atoms with van der Waals surface area (Å²) in [5, 5.41) is 3.59. The lowest BCUT2D eigenvalue weighted by Gasteiger charge is -2.40. The second-order valence-electron chi connectivity index (χ2n) is 7.57. The molecule has 2 heterocycles. The van der Waals surface area contributed by atoms with Crippen LogP contribution in [0.25, 0.3) is 0 Å². The van der Waals surface area contributed by atoms with E-state index in [4.69, 9.17) is 9.47 Å². The SMILES string of the molecule is CC(C)COc1cc(C(F)(F)F)ccc1OC1CC2CCC[C@H](C1)N2. The van der Waals surface area contributed by atoms with Crippen molar-refractivity contribution in [2.75, 3.05) is 6.61 Å². The molecule has 2 aliphatic heterocycles. The van der Waals surface area contributed by atoms with Crippen molar-refractivity contribution in [3.63, 3.8) is 0 Å². The van der Waals surface area contributed by atoms with E-state index in [0.29, 0.717) is 24.4 Å². The van der Waals surface area contributed by atoms with Crippen LogP contribution in [0.2, 0.25) is 0 Å². The van der Waals surface area contributed by atoms with Gasteiger partial charge in [-0.15, -0.1) is 0 Å². The van der Waals surface area contributed by atoms with Crippen molar-refractivity contribution in [1.82, 2.24) is 5.32 Å². The molecule has 0 saturated carbocycles. The molecule has 0 aromatic heterocycles. The minimum atomic E-state index is -4.39. The molecule has 3 atom stereocenters. The third-order valence-electron chi connectivity index (χ3n) is 4.81. The summed E-state index contributed by atoms with van der Waals surface area (Å²) in [6, 6.07) is 4.43. The van der Waals surface area contributed by atoms with Crippen LogP contribution in [0.15, 0.2) is 18.2 Å². The van der Waals surface area contributed by atoms with Crippen LogP contribution in [0, 0.1) is 5.92 Å². The normalized spacial score (nSPS) is 26.6. The monoisotopic (exact) mass is 357 g/mol. The lowest BCUT2D eigenvalue weighted by atomic mass is 9.85. The zero-order valence-corrected chi connectivity index (χ0v) is 14.7. The number of benzene rings is 1. The number of halogens is 3. The smallest absolute Gasteiger partial charge is 0.416 e. The van der Waals surface area contributed by atoms with Crippen LogP contribution in [-0.4, -0.2) is 24.8 Å². The van der Waals surface area contributed by atoms with E-state index in [-0.39, 0.29) is 17.8 Å². The molecule has 0 spiro atoms. The van der Waals surface area contributed by atoms with Crippen LogP contribution >= 0.6 is 0 Å². The fourth-order valence-electron chi connectivity index (χ4n) is 3.64. The van der Waals surface area contributed by atoms with Gasteiger partial charge < -0.3 is 14.8 Å². The van der Waals surface area contributed by atoms with E-state index in [0.717, 1.165) is 37.8 Å². The molecule has 1 N–H and O–H groups in total. The first-order valence-corrected chi connectivity index (χ1v) is 9.08. The zero-order chi connectivity index (χ0) is 18.0. The lowest BCUT2D eigenvalue weighted by Crippen LogP contribution is -2.51. The maximum Gasteiger partial charge on any atom is 0.416 e. The maximum atomic E-state index is 13.0. The summed E-state index contributed by atoms with van der Waals surface area (Å²) >= 11 is 0. The highest BCUT2D eigenvalue weighted by Gasteiger charge is 2.34. The first-order valence-electron chi connectivity index (χ1n) is 9.08. The molecule has 3 rings (SSSR count). The number of hydrogen-bond donors (Lipinski definition) is 1. The first kappa shape index (κ1) is 18.4. The van der Waals surface area contributed by atoms with Gasteiger partial charge in [0.25, 0.3) is 0 Å². The molecule has 2 fully saturated rings. The largest absolute Gasteiger partial charge is 0.489 e. The van der Waals surface area contributed by atoms with E-state index in [2.05, 4.69) is 5.32 Å². The topological polar surface area (TPSA) is 30.5 Å². The lowest BCUT2D eigenvalue weighted by molar-refractivity contribution is -0.137. The Kier molecular flexibility index (Phi) is 5.46. The highest BCUT2D eigenvalue weighted by atomic mass is 19.4. The van der Waals surface area contributed by atoms with Gasteiger partial charge in [-0.25, -0.2) is 0 Å². The van der Waals surface area contributed by atoms with Gasteiger partial charge in [0.2, 0.25) is 0 Å². The van der Waals surface area contributed by atoms with Crippen LogP contribution in [0.5, 0.6) is 11.5 Å². The molecule has 0 radical (unpaired) electrons. The summed E-state index contributed by atoms with van der Waals surface area (Å²) in [5.74, 6) is 0.825. The first-order chi connectivity index (χ1) is 11.8. The fourth-order valence-corrected chi connectivity index (χ4v) is 3.64. The number of nitrogens with one attached hydrogen (secondary N) is 1. The minimum Gasteiger partial charge on any atom is -0.489 e. The predicted molar refractivity (Wildman–Crippen MR) is 90.0 cm³/mol. The average Bonchev–Trinajstić information content (AvgIpc) is 2.52. The van der Waals surface area contributed by atoms with Gasteiger partial charge in [-0.05, 0) is 49.8 Å². The molecular formula is C19H26F3NO2. The van der Waals surface area contributed by atoms with E-state index >= 15 is 0 Å². The predicted octanol–water partition coefficient (Wildman–Crippen LogP) is 4.79. The molecule has 2 bridgehead atoms. The van der Waals surface area contributed by atoms with Crippen LogP contribution in [-0.2, 0) is 6.18 Å². The van der Waals surface area contributed by atoms with E-state index in [1.54, 1.807) is 0 Å². The van der Waals surface area contributed by atoms with Crippen LogP contribution in [0.3, 0.4) is 0 Å². The van der Waals surface area contributed by atoms with E-state index in [9.17, 15) is 13.2 Å². The molecule has 1 aromatic carbocycles. The van der Waals surface area contributed by atoms with E-state index in [1.165, 1.54) is 12.5 Å². The number of ether oxygens (including phenoxy) is 2. The molecular weight excluding hydrogens is 331 g/mol. The molecule has 0 amide bonds. The van der Waals surface area contributed by atoms with Crippen LogP contribution < -0.4 is 14.8 Å². The molecule has 2 unspecified atom stereocenters. The third-order valence-corrected chi connectivity index (χ3v) is 4.81. The summed E-state index contributed by atoms with van der Waals surface area (Å²) in [5.41, 5.74) is -0.708.